The molecule has 0 spiro atoms. The molecule has 0 unspecified atom stereocenters. The van der Waals surface area contributed by atoms with Crippen LogP contribution in [0.1, 0.15) is 54.1 Å². The van der Waals surface area contributed by atoms with E-state index in [4.69, 9.17) is 10.5 Å². The smallest absolute Gasteiger partial charge is 0.127 e. The van der Waals surface area contributed by atoms with Gasteiger partial charge in [-0.15, -0.1) is 0 Å². The summed E-state index contributed by atoms with van der Waals surface area (Å²) in [5, 5.41) is 0. The van der Waals surface area contributed by atoms with E-state index in [1.165, 1.54) is 12.8 Å². The Balaban J connectivity index is 1.71. The van der Waals surface area contributed by atoms with Gasteiger partial charge in [0.05, 0.1) is 13.2 Å². The second-order valence-corrected chi connectivity index (χ2v) is 7.73. The Kier molecular flexibility index (Phi) is 7.40. The molecule has 0 atom stereocenters. The van der Waals surface area contributed by atoms with E-state index < -0.39 is 0 Å². The molecule has 0 aliphatic carbocycles. The maximum absolute atomic E-state index is 14.8. The predicted molar refractivity (Wildman–Crippen MR) is 112 cm³/mol. The minimum atomic E-state index is -0.144. The van der Waals surface area contributed by atoms with Gasteiger partial charge in [-0.25, -0.2) is 9.37 Å². The first-order chi connectivity index (χ1) is 13.6. The fourth-order valence-electron chi connectivity index (χ4n) is 3.71. The molecular weight excluding hydrogens is 353 g/mol. The third kappa shape index (κ3) is 5.52. The first-order valence-electron chi connectivity index (χ1n) is 10.4. The Labute approximate surface area is 167 Å². The maximum atomic E-state index is 14.8. The lowest BCUT2D eigenvalue weighted by Gasteiger charge is -2.26. The van der Waals surface area contributed by atoms with Crippen LogP contribution in [0.5, 0.6) is 0 Å². The molecule has 1 fully saturated rings. The highest BCUT2D eigenvalue weighted by Gasteiger charge is 2.14. The van der Waals surface area contributed by atoms with Crippen molar-refractivity contribution in [3.63, 3.8) is 0 Å². The van der Waals surface area contributed by atoms with Gasteiger partial charge in [0, 0.05) is 31.7 Å². The molecule has 1 aliphatic heterocycles. The van der Waals surface area contributed by atoms with E-state index in [1.807, 2.05) is 19.1 Å². The molecule has 0 amide bonds. The summed E-state index contributed by atoms with van der Waals surface area (Å²) < 4.78 is 20.1. The quantitative estimate of drug-likeness (QED) is 0.690. The molecule has 4 nitrogen and oxygen atoms in total. The van der Waals surface area contributed by atoms with E-state index >= 15 is 0 Å². The number of halogens is 1. The largest absolute Gasteiger partial charge is 0.383 e. The number of ether oxygens (including phenoxy) is 1. The van der Waals surface area contributed by atoms with Crippen LogP contribution in [-0.4, -0.2) is 36.2 Å². The van der Waals surface area contributed by atoms with Crippen molar-refractivity contribution in [1.82, 2.24) is 9.88 Å². The second kappa shape index (κ2) is 9.99. The highest BCUT2D eigenvalue weighted by atomic mass is 19.1. The van der Waals surface area contributed by atoms with Crippen LogP contribution < -0.4 is 5.73 Å². The third-order valence-corrected chi connectivity index (χ3v) is 5.49. The van der Waals surface area contributed by atoms with E-state index in [1.54, 1.807) is 6.07 Å². The van der Waals surface area contributed by atoms with Gasteiger partial charge in [-0.3, -0.25) is 4.90 Å². The summed E-state index contributed by atoms with van der Waals surface area (Å²) in [5.41, 5.74) is 10.8. The normalized spacial score (nSPS) is 15.1. The molecule has 0 radical (unpaired) electrons. The van der Waals surface area contributed by atoms with Gasteiger partial charge in [0.25, 0.3) is 0 Å². The van der Waals surface area contributed by atoms with Gasteiger partial charge >= 0.3 is 0 Å². The Hall–Kier alpha value is -1.98. The Bertz CT molecular complexity index is 788. The maximum Gasteiger partial charge on any atom is 0.127 e. The highest BCUT2D eigenvalue weighted by molar-refractivity contribution is 5.45. The van der Waals surface area contributed by atoms with Crippen molar-refractivity contribution in [2.24, 2.45) is 0 Å². The van der Waals surface area contributed by atoms with Gasteiger partial charge in [0.15, 0.2) is 0 Å². The Morgan fingerprint density at radius 1 is 1.11 bits per heavy atom. The summed E-state index contributed by atoms with van der Waals surface area (Å²) in [4.78, 5) is 6.81. The first-order valence-corrected chi connectivity index (χ1v) is 10.4. The van der Waals surface area contributed by atoms with Gasteiger partial charge in [-0.2, -0.15) is 0 Å². The van der Waals surface area contributed by atoms with Crippen molar-refractivity contribution in [2.45, 2.75) is 52.5 Å². The van der Waals surface area contributed by atoms with Gasteiger partial charge in [0.1, 0.15) is 11.6 Å². The average Bonchev–Trinajstić information content (AvgIpc) is 2.68. The predicted octanol–water partition coefficient (Wildman–Crippen LogP) is 4.27. The summed E-state index contributed by atoms with van der Waals surface area (Å²) in [6.45, 7) is 8.22. The number of unbranched alkanes of at least 4 members (excludes halogenated alkanes) is 2. The lowest BCUT2D eigenvalue weighted by Crippen LogP contribution is -2.35. The fourth-order valence-corrected chi connectivity index (χ4v) is 3.71. The number of rotatable bonds is 8. The third-order valence-electron chi connectivity index (χ3n) is 5.49. The number of hydrogen-bond acceptors (Lipinski definition) is 4. The molecule has 2 aromatic rings. The second-order valence-electron chi connectivity index (χ2n) is 7.73. The summed E-state index contributed by atoms with van der Waals surface area (Å²) in [6, 6.07) is 7.75. The van der Waals surface area contributed by atoms with Crippen LogP contribution in [0.2, 0.25) is 0 Å². The number of pyridine rings is 1. The zero-order valence-corrected chi connectivity index (χ0v) is 17.1. The van der Waals surface area contributed by atoms with Crippen LogP contribution in [0.4, 0.5) is 10.2 Å². The van der Waals surface area contributed by atoms with Crippen molar-refractivity contribution in [3.8, 4) is 0 Å². The molecular formula is C23H32FN3O. The molecule has 0 saturated carbocycles. The van der Waals surface area contributed by atoms with Crippen molar-refractivity contribution >= 4 is 5.82 Å². The molecule has 5 heteroatoms. The van der Waals surface area contributed by atoms with E-state index in [-0.39, 0.29) is 5.82 Å². The van der Waals surface area contributed by atoms with Crippen molar-refractivity contribution in [1.29, 1.82) is 0 Å². The number of nitrogens with zero attached hydrogens (tertiary/aromatic N) is 2. The summed E-state index contributed by atoms with van der Waals surface area (Å²) >= 11 is 0. The molecule has 1 aromatic heterocycles. The lowest BCUT2D eigenvalue weighted by atomic mass is 9.98. The zero-order chi connectivity index (χ0) is 19.9. The molecule has 2 heterocycles. The first kappa shape index (κ1) is 20.7. The Morgan fingerprint density at radius 3 is 2.61 bits per heavy atom. The summed E-state index contributed by atoms with van der Waals surface area (Å²) in [6.07, 6.45) is 4.94. The highest BCUT2D eigenvalue weighted by Crippen LogP contribution is 2.22. The lowest BCUT2D eigenvalue weighted by molar-refractivity contribution is 0.0341. The molecule has 0 bridgehead atoms. The molecule has 1 saturated heterocycles. The van der Waals surface area contributed by atoms with E-state index in [0.717, 1.165) is 68.1 Å². The van der Waals surface area contributed by atoms with Gasteiger partial charge in [0.2, 0.25) is 0 Å². The Morgan fingerprint density at radius 2 is 1.89 bits per heavy atom. The molecule has 152 valence electrons. The number of aromatic nitrogens is 1. The van der Waals surface area contributed by atoms with E-state index in [2.05, 4.69) is 22.9 Å². The number of benzene rings is 1. The van der Waals surface area contributed by atoms with Crippen LogP contribution in [0.25, 0.3) is 0 Å². The van der Waals surface area contributed by atoms with E-state index in [9.17, 15) is 4.39 Å². The van der Waals surface area contributed by atoms with Crippen LogP contribution in [0.3, 0.4) is 0 Å². The monoisotopic (exact) mass is 385 g/mol. The molecule has 1 aliphatic rings. The van der Waals surface area contributed by atoms with Gasteiger partial charge in [-0.1, -0.05) is 38.0 Å². The average molecular weight is 386 g/mol. The zero-order valence-electron chi connectivity index (χ0n) is 17.1. The summed E-state index contributed by atoms with van der Waals surface area (Å²) in [7, 11) is 0. The minimum Gasteiger partial charge on any atom is -0.383 e. The van der Waals surface area contributed by atoms with Crippen LogP contribution in [0.15, 0.2) is 24.3 Å². The van der Waals surface area contributed by atoms with Gasteiger partial charge in [-0.05, 0) is 48.1 Å². The van der Waals surface area contributed by atoms with Crippen LogP contribution in [-0.2, 0) is 24.1 Å². The molecule has 28 heavy (non-hydrogen) atoms. The van der Waals surface area contributed by atoms with Crippen LogP contribution >= 0.6 is 0 Å². The number of anilines is 1. The number of hydrogen-bond donors (Lipinski definition) is 1. The molecule has 2 N–H and O–H groups in total. The van der Waals surface area contributed by atoms with Crippen molar-refractivity contribution < 1.29 is 9.13 Å². The van der Waals surface area contributed by atoms with E-state index in [0.29, 0.717) is 17.8 Å². The molecule has 3 rings (SSSR count). The standard InChI is InChI=1S/C23H32FN3O/c1-3-4-5-6-20-15-21(17(2)26-23(20)25)14-19-8-7-18(13-22(19)24)16-27-9-11-28-12-10-27/h7-8,13,15H,3-6,9-12,14,16H2,1-2H3,(H2,25,26). The molecule has 1 aromatic carbocycles. The number of nitrogens with two attached hydrogens (primary N) is 1. The SMILES string of the molecule is CCCCCc1cc(Cc2ccc(CN3CCOCC3)cc2F)c(C)nc1N. The number of aryl methyl sites for hydroxylation is 2. The van der Waals surface area contributed by atoms with Gasteiger partial charge < -0.3 is 10.5 Å². The fraction of sp³-hybridized carbons (Fsp3) is 0.522. The summed E-state index contributed by atoms with van der Waals surface area (Å²) in [5.74, 6) is 0.466. The number of nitrogen functional groups attached to an aromatic ring is 1. The topological polar surface area (TPSA) is 51.4 Å². The van der Waals surface area contributed by atoms with Crippen LogP contribution in [0, 0.1) is 12.7 Å². The minimum absolute atomic E-state index is 0.144. The van der Waals surface area contributed by atoms with Crippen molar-refractivity contribution in [2.75, 3.05) is 32.0 Å². The number of morpholine rings is 1. The van der Waals surface area contributed by atoms with Crippen molar-refractivity contribution in [3.05, 3.63) is 58.0 Å².